The number of benzene rings is 1. The van der Waals surface area contributed by atoms with Crippen molar-refractivity contribution in [2.45, 2.75) is 13.0 Å². The van der Waals surface area contributed by atoms with Gasteiger partial charge >= 0.3 is 0 Å². The lowest BCUT2D eigenvalue weighted by atomic mass is 10.2. The number of halogens is 2. The zero-order valence-electron chi connectivity index (χ0n) is 11.8. The number of rotatable bonds is 3. The first kappa shape index (κ1) is 15.1. The molecule has 21 heavy (non-hydrogen) atoms. The van der Waals surface area contributed by atoms with E-state index in [1.807, 2.05) is 5.38 Å². The summed E-state index contributed by atoms with van der Waals surface area (Å²) in [7, 11) is 0. The fourth-order valence-corrected chi connectivity index (χ4v) is 3.79. The van der Waals surface area contributed by atoms with Gasteiger partial charge in [0.15, 0.2) is 0 Å². The van der Waals surface area contributed by atoms with Crippen LogP contribution in [0.2, 0.25) is 0 Å². The van der Waals surface area contributed by atoms with Crippen LogP contribution in [0.4, 0.5) is 4.39 Å². The molecule has 3 nitrogen and oxygen atoms in total. The Morgan fingerprint density at radius 1 is 1.38 bits per heavy atom. The predicted molar refractivity (Wildman–Crippen MR) is 88.1 cm³/mol. The average molecular weight is 370 g/mol. The molecule has 1 saturated heterocycles. The van der Waals surface area contributed by atoms with Gasteiger partial charge in [0.05, 0.1) is 16.2 Å². The molecule has 1 atom stereocenters. The topological polar surface area (TPSA) is 28.2 Å². The highest BCUT2D eigenvalue weighted by Gasteiger charge is 2.20. The monoisotopic (exact) mass is 369 g/mol. The van der Waals surface area contributed by atoms with Gasteiger partial charge in [0.25, 0.3) is 0 Å². The fraction of sp³-hybridized carbons (Fsp3) is 0.400. The first-order chi connectivity index (χ1) is 10.1. The SMILES string of the molecule is CC(c1nc(-c2ccc(F)c(Br)c2)cs1)N1CCNCC1. The summed E-state index contributed by atoms with van der Waals surface area (Å²) in [5.74, 6) is -0.247. The summed E-state index contributed by atoms with van der Waals surface area (Å²) >= 11 is 4.90. The van der Waals surface area contributed by atoms with Gasteiger partial charge in [-0.2, -0.15) is 0 Å². The fourth-order valence-electron chi connectivity index (χ4n) is 2.49. The molecule has 1 aromatic carbocycles. The number of nitrogens with zero attached hydrogens (tertiary/aromatic N) is 2. The van der Waals surface area contributed by atoms with Crippen LogP contribution in [-0.2, 0) is 0 Å². The van der Waals surface area contributed by atoms with Gasteiger partial charge in [-0.05, 0) is 41.1 Å². The quantitative estimate of drug-likeness (QED) is 0.894. The maximum absolute atomic E-state index is 13.3. The molecule has 1 N–H and O–H groups in total. The molecule has 1 aliphatic rings. The summed E-state index contributed by atoms with van der Waals surface area (Å²) in [4.78, 5) is 7.18. The molecule has 2 aromatic rings. The van der Waals surface area contributed by atoms with Gasteiger partial charge in [-0.1, -0.05) is 0 Å². The van der Waals surface area contributed by atoms with Gasteiger partial charge in [0.1, 0.15) is 10.8 Å². The van der Waals surface area contributed by atoms with Crippen molar-refractivity contribution in [2.24, 2.45) is 0 Å². The molecule has 3 rings (SSSR count). The van der Waals surface area contributed by atoms with Crippen LogP contribution < -0.4 is 5.32 Å². The standard InChI is InChI=1S/C15H17BrFN3S/c1-10(20-6-4-18-5-7-20)15-19-14(9-21-15)11-2-3-13(17)12(16)8-11/h2-3,8-10,18H,4-7H2,1H3. The summed E-state index contributed by atoms with van der Waals surface area (Å²) in [6, 6.07) is 5.35. The molecule has 0 amide bonds. The van der Waals surface area contributed by atoms with Gasteiger partial charge in [0.2, 0.25) is 0 Å². The molecule has 0 bridgehead atoms. The van der Waals surface area contributed by atoms with E-state index >= 15 is 0 Å². The Balaban J connectivity index is 1.80. The van der Waals surface area contributed by atoms with E-state index in [2.05, 4.69) is 33.1 Å². The number of thiazole rings is 1. The van der Waals surface area contributed by atoms with Crippen molar-refractivity contribution >= 4 is 27.3 Å². The van der Waals surface area contributed by atoms with Crippen LogP contribution >= 0.6 is 27.3 Å². The lowest BCUT2D eigenvalue weighted by Gasteiger charge is -2.31. The van der Waals surface area contributed by atoms with E-state index in [9.17, 15) is 4.39 Å². The van der Waals surface area contributed by atoms with Crippen molar-refractivity contribution in [1.82, 2.24) is 15.2 Å². The Labute approximate surface area is 136 Å². The summed E-state index contributed by atoms with van der Waals surface area (Å²) in [6.07, 6.45) is 0. The number of piperazine rings is 1. The number of hydrogen-bond acceptors (Lipinski definition) is 4. The second-order valence-electron chi connectivity index (χ2n) is 5.16. The number of hydrogen-bond donors (Lipinski definition) is 1. The molecule has 0 aliphatic carbocycles. The second-order valence-corrected chi connectivity index (χ2v) is 6.91. The molecule has 112 valence electrons. The summed E-state index contributed by atoms with van der Waals surface area (Å²) in [5.41, 5.74) is 1.86. The zero-order valence-corrected chi connectivity index (χ0v) is 14.2. The Morgan fingerprint density at radius 3 is 2.86 bits per heavy atom. The van der Waals surface area contributed by atoms with E-state index in [0.717, 1.165) is 42.4 Å². The molecular formula is C15H17BrFN3S. The van der Waals surface area contributed by atoms with Crippen molar-refractivity contribution in [1.29, 1.82) is 0 Å². The maximum atomic E-state index is 13.3. The van der Waals surface area contributed by atoms with E-state index in [-0.39, 0.29) is 5.82 Å². The number of nitrogens with one attached hydrogen (secondary N) is 1. The normalized spacial score (nSPS) is 17.9. The van der Waals surface area contributed by atoms with E-state index in [1.54, 1.807) is 23.5 Å². The minimum absolute atomic E-state index is 0.247. The Kier molecular flexibility index (Phi) is 4.69. The summed E-state index contributed by atoms with van der Waals surface area (Å²) < 4.78 is 13.8. The largest absolute Gasteiger partial charge is 0.314 e. The Morgan fingerprint density at radius 2 is 2.14 bits per heavy atom. The van der Waals surface area contributed by atoms with Gasteiger partial charge < -0.3 is 5.32 Å². The molecule has 0 spiro atoms. The van der Waals surface area contributed by atoms with Crippen LogP contribution in [0.5, 0.6) is 0 Å². The highest BCUT2D eigenvalue weighted by Crippen LogP contribution is 2.30. The lowest BCUT2D eigenvalue weighted by molar-refractivity contribution is 0.185. The van der Waals surface area contributed by atoms with Gasteiger partial charge in [-0.15, -0.1) is 11.3 Å². The average Bonchev–Trinajstić information content (AvgIpc) is 3.00. The molecule has 0 radical (unpaired) electrons. The van der Waals surface area contributed by atoms with Crippen LogP contribution in [0, 0.1) is 5.82 Å². The molecule has 1 aliphatic heterocycles. The van der Waals surface area contributed by atoms with Crippen molar-refractivity contribution in [3.8, 4) is 11.3 Å². The maximum Gasteiger partial charge on any atom is 0.137 e. The number of aromatic nitrogens is 1. The van der Waals surface area contributed by atoms with Crippen molar-refractivity contribution < 1.29 is 4.39 Å². The first-order valence-electron chi connectivity index (χ1n) is 7.01. The van der Waals surface area contributed by atoms with Gasteiger partial charge in [-0.25, -0.2) is 9.37 Å². The molecule has 0 saturated carbocycles. The lowest BCUT2D eigenvalue weighted by Crippen LogP contribution is -2.44. The highest BCUT2D eigenvalue weighted by molar-refractivity contribution is 9.10. The Bertz CT molecular complexity index is 625. The summed E-state index contributed by atoms with van der Waals surface area (Å²) in [6.45, 7) is 6.38. The minimum atomic E-state index is -0.247. The molecule has 1 unspecified atom stereocenters. The van der Waals surface area contributed by atoms with Crippen LogP contribution in [0.3, 0.4) is 0 Å². The minimum Gasteiger partial charge on any atom is -0.314 e. The van der Waals surface area contributed by atoms with Gasteiger partial charge in [0, 0.05) is 37.1 Å². The van der Waals surface area contributed by atoms with E-state index in [1.165, 1.54) is 6.07 Å². The van der Waals surface area contributed by atoms with Crippen LogP contribution in [0.1, 0.15) is 18.0 Å². The van der Waals surface area contributed by atoms with E-state index in [0.29, 0.717) is 10.5 Å². The summed E-state index contributed by atoms with van der Waals surface area (Å²) in [5, 5.41) is 6.53. The molecular weight excluding hydrogens is 353 g/mol. The third-order valence-electron chi connectivity index (χ3n) is 3.79. The van der Waals surface area contributed by atoms with Crippen molar-refractivity contribution in [2.75, 3.05) is 26.2 Å². The van der Waals surface area contributed by atoms with Crippen molar-refractivity contribution in [3.05, 3.63) is 38.9 Å². The first-order valence-corrected chi connectivity index (χ1v) is 8.68. The van der Waals surface area contributed by atoms with Crippen LogP contribution in [0.15, 0.2) is 28.1 Å². The molecule has 6 heteroatoms. The molecule has 1 aromatic heterocycles. The zero-order chi connectivity index (χ0) is 14.8. The predicted octanol–water partition coefficient (Wildman–Crippen LogP) is 3.68. The van der Waals surface area contributed by atoms with E-state index < -0.39 is 0 Å². The van der Waals surface area contributed by atoms with Crippen LogP contribution in [0.25, 0.3) is 11.3 Å². The third kappa shape index (κ3) is 3.34. The van der Waals surface area contributed by atoms with E-state index in [4.69, 9.17) is 4.98 Å². The Hall–Kier alpha value is -0.820. The van der Waals surface area contributed by atoms with Crippen LogP contribution in [-0.4, -0.2) is 36.1 Å². The molecule has 1 fully saturated rings. The smallest absolute Gasteiger partial charge is 0.137 e. The highest BCUT2D eigenvalue weighted by atomic mass is 79.9. The molecule has 2 heterocycles. The van der Waals surface area contributed by atoms with Gasteiger partial charge in [-0.3, -0.25) is 4.90 Å². The third-order valence-corrected chi connectivity index (χ3v) is 5.42. The van der Waals surface area contributed by atoms with Crippen molar-refractivity contribution in [3.63, 3.8) is 0 Å². The second kappa shape index (κ2) is 6.52.